The molecule has 0 heterocycles. The lowest BCUT2D eigenvalue weighted by Crippen LogP contribution is -2.31. The molecular formula is C21H25F2N3O. The lowest BCUT2D eigenvalue weighted by atomic mass is 10.1. The van der Waals surface area contributed by atoms with Crippen LogP contribution in [0.3, 0.4) is 0 Å². The van der Waals surface area contributed by atoms with Crippen molar-refractivity contribution in [2.24, 2.45) is 4.99 Å². The molecule has 0 spiro atoms. The van der Waals surface area contributed by atoms with E-state index in [1.165, 1.54) is 6.07 Å². The van der Waals surface area contributed by atoms with Crippen LogP contribution in [0, 0.1) is 5.82 Å². The zero-order valence-electron chi connectivity index (χ0n) is 15.8. The van der Waals surface area contributed by atoms with Crippen molar-refractivity contribution in [2.45, 2.75) is 32.9 Å². The van der Waals surface area contributed by atoms with Gasteiger partial charge >= 0.3 is 0 Å². The molecule has 4 nitrogen and oxygen atoms in total. The van der Waals surface area contributed by atoms with E-state index in [0.717, 1.165) is 11.8 Å². The van der Waals surface area contributed by atoms with Gasteiger partial charge in [0, 0.05) is 30.2 Å². The van der Waals surface area contributed by atoms with Crippen molar-refractivity contribution in [3.8, 4) is 5.75 Å². The lowest BCUT2D eigenvalue weighted by molar-refractivity contribution is 0.207. The molecule has 2 aromatic carbocycles. The van der Waals surface area contributed by atoms with E-state index < -0.39 is 11.5 Å². The number of nitrogens with one attached hydrogen (secondary N) is 2. The second-order valence-corrected chi connectivity index (χ2v) is 6.80. The van der Waals surface area contributed by atoms with E-state index in [0.29, 0.717) is 29.7 Å². The van der Waals surface area contributed by atoms with Crippen LogP contribution in [-0.2, 0) is 0 Å². The zero-order chi connectivity index (χ0) is 20.0. The number of anilines is 2. The highest BCUT2D eigenvalue weighted by molar-refractivity contribution is 5.72. The number of nitrogens with zero attached hydrogens (tertiary/aromatic N) is 1. The van der Waals surface area contributed by atoms with E-state index in [-0.39, 0.29) is 11.0 Å². The largest absolute Gasteiger partial charge is 0.508 e. The Kier molecular flexibility index (Phi) is 6.55. The van der Waals surface area contributed by atoms with Crippen LogP contribution in [0.1, 0.15) is 27.2 Å². The van der Waals surface area contributed by atoms with Gasteiger partial charge in [-0.25, -0.2) is 13.8 Å². The maximum absolute atomic E-state index is 14.3. The number of hydrogen-bond donors (Lipinski definition) is 3. The third-order valence-electron chi connectivity index (χ3n) is 3.85. The second-order valence-electron chi connectivity index (χ2n) is 6.80. The second kappa shape index (κ2) is 8.66. The first kappa shape index (κ1) is 20.4. The molecule has 2 rings (SSSR count). The van der Waals surface area contributed by atoms with Crippen LogP contribution in [0.4, 0.5) is 20.2 Å². The summed E-state index contributed by atoms with van der Waals surface area (Å²) in [6, 6.07) is 9.73. The van der Waals surface area contributed by atoms with Gasteiger partial charge in [0.05, 0.1) is 5.22 Å². The minimum Gasteiger partial charge on any atom is -0.508 e. The number of phenolic OH excluding ortho intramolecular Hbond substituents is 1. The van der Waals surface area contributed by atoms with Gasteiger partial charge in [-0.2, -0.15) is 0 Å². The third-order valence-corrected chi connectivity index (χ3v) is 3.85. The Labute approximate surface area is 158 Å². The van der Waals surface area contributed by atoms with E-state index in [2.05, 4.69) is 22.2 Å². The van der Waals surface area contributed by atoms with Crippen LogP contribution in [0.25, 0.3) is 12.4 Å². The molecule has 0 saturated heterocycles. The maximum atomic E-state index is 14.3. The fourth-order valence-electron chi connectivity index (χ4n) is 2.51. The van der Waals surface area contributed by atoms with E-state index in [1.54, 1.807) is 27.0 Å². The molecule has 0 aromatic heterocycles. The molecule has 0 fully saturated rings. The van der Waals surface area contributed by atoms with E-state index in [1.807, 2.05) is 24.3 Å². The van der Waals surface area contributed by atoms with Crippen LogP contribution in [-0.4, -0.2) is 23.5 Å². The Morgan fingerprint density at radius 3 is 2.41 bits per heavy atom. The first-order valence-electron chi connectivity index (χ1n) is 8.70. The highest BCUT2D eigenvalue weighted by atomic mass is 19.1. The average Bonchev–Trinajstić information content (AvgIpc) is 2.54. The molecule has 0 aliphatic rings. The van der Waals surface area contributed by atoms with Crippen LogP contribution in [0.5, 0.6) is 5.75 Å². The summed E-state index contributed by atoms with van der Waals surface area (Å²) in [4.78, 5) is 4.20. The van der Waals surface area contributed by atoms with Crippen molar-refractivity contribution in [1.82, 2.24) is 0 Å². The first-order valence-corrected chi connectivity index (χ1v) is 8.70. The Morgan fingerprint density at radius 1 is 1.22 bits per heavy atom. The lowest BCUT2D eigenvalue weighted by Gasteiger charge is -2.15. The highest BCUT2D eigenvalue weighted by Crippen LogP contribution is 2.18. The zero-order valence-corrected chi connectivity index (χ0v) is 15.8. The van der Waals surface area contributed by atoms with Gasteiger partial charge in [0.15, 0.2) is 0 Å². The molecule has 2 aromatic rings. The van der Waals surface area contributed by atoms with Crippen molar-refractivity contribution >= 4 is 30.0 Å². The minimum absolute atomic E-state index is 0.187. The average molecular weight is 373 g/mol. The molecule has 0 aliphatic heterocycles. The summed E-state index contributed by atoms with van der Waals surface area (Å²) in [6.07, 6.45) is 1.95. The molecule has 27 heavy (non-hydrogen) atoms. The van der Waals surface area contributed by atoms with Gasteiger partial charge in [-0.15, -0.1) is 0 Å². The number of hydrogen-bond acceptors (Lipinski definition) is 4. The van der Waals surface area contributed by atoms with Gasteiger partial charge in [-0.05, 0) is 62.7 Å². The molecule has 0 atom stereocenters. The van der Waals surface area contributed by atoms with Gasteiger partial charge in [-0.3, -0.25) is 0 Å². The quantitative estimate of drug-likeness (QED) is 0.648. The maximum Gasteiger partial charge on any atom is 0.140 e. The summed E-state index contributed by atoms with van der Waals surface area (Å²) >= 11 is 0. The molecule has 0 unspecified atom stereocenters. The van der Waals surface area contributed by atoms with Crippen molar-refractivity contribution in [3.05, 3.63) is 52.7 Å². The van der Waals surface area contributed by atoms with Crippen molar-refractivity contribution in [2.75, 3.05) is 17.2 Å². The summed E-state index contributed by atoms with van der Waals surface area (Å²) in [5.41, 5.74) is 0.356. The third kappa shape index (κ3) is 6.09. The standard InChI is InChI=1S/C21H25F2N3O/c1-5-24-20(19-14(2)12-17(27)13-18(19)22)26-16-8-6-15(7-9-16)25-11-10-21(3,4)23/h5-9,12-13,25-27H,2,10-11H2,1,3-4H3/b20-19-,24-5?. The summed E-state index contributed by atoms with van der Waals surface area (Å²) in [6.45, 7) is 9.13. The number of aromatic hydroxyl groups is 1. The monoisotopic (exact) mass is 373 g/mol. The summed E-state index contributed by atoms with van der Waals surface area (Å²) in [5.74, 6) is -0.506. The van der Waals surface area contributed by atoms with Crippen molar-refractivity contribution < 1.29 is 13.9 Å². The summed E-state index contributed by atoms with van der Waals surface area (Å²) in [7, 11) is 0. The Bertz CT molecular complexity index is 916. The van der Waals surface area contributed by atoms with Gasteiger partial charge in [0.1, 0.15) is 23.1 Å². The Balaban J connectivity index is 2.24. The number of phenols is 1. The number of halogens is 2. The molecule has 0 bridgehead atoms. The first-order chi connectivity index (χ1) is 12.7. The van der Waals surface area contributed by atoms with Crippen LogP contribution in [0.2, 0.25) is 0 Å². The number of rotatable bonds is 7. The fraction of sp³-hybridized carbons (Fsp3) is 0.286. The molecule has 0 aliphatic carbocycles. The van der Waals surface area contributed by atoms with E-state index in [4.69, 9.17) is 0 Å². The SMILES string of the molecule is C=c1cc(O)cc(F)/c1=C(/N=CC)Nc1ccc(NCCC(C)(C)F)cc1. The molecule has 6 heteroatoms. The van der Waals surface area contributed by atoms with Gasteiger partial charge in [-0.1, -0.05) is 6.58 Å². The highest BCUT2D eigenvalue weighted by Gasteiger charge is 2.14. The Hall–Kier alpha value is -2.89. The molecule has 144 valence electrons. The van der Waals surface area contributed by atoms with E-state index >= 15 is 0 Å². The van der Waals surface area contributed by atoms with Crippen molar-refractivity contribution in [1.29, 1.82) is 0 Å². The predicted octanol–water partition coefficient (Wildman–Crippen LogP) is 3.76. The smallest absolute Gasteiger partial charge is 0.140 e. The number of benzene rings is 2. The van der Waals surface area contributed by atoms with Gasteiger partial charge in [0.2, 0.25) is 0 Å². The molecule has 0 amide bonds. The van der Waals surface area contributed by atoms with Gasteiger partial charge < -0.3 is 15.7 Å². The summed E-state index contributed by atoms with van der Waals surface area (Å²) in [5, 5.41) is 16.2. The number of aliphatic imine (C=N–C) groups is 1. The summed E-state index contributed by atoms with van der Waals surface area (Å²) < 4.78 is 27.8. The molecule has 3 N–H and O–H groups in total. The van der Waals surface area contributed by atoms with E-state index in [9.17, 15) is 13.9 Å². The number of alkyl halides is 1. The van der Waals surface area contributed by atoms with Gasteiger partial charge in [0.25, 0.3) is 0 Å². The molecule has 0 saturated carbocycles. The topological polar surface area (TPSA) is 56.7 Å². The van der Waals surface area contributed by atoms with Crippen molar-refractivity contribution in [3.63, 3.8) is 0 Å². The fourth-order valence-corrected chi connectivity index (χ4v) is 2.51. The Morgan fingerprint density at radius 2 is 1.85 bits per heavy atom. The van der Waals surface area contributed by atoms with Crippen LogP contribution in [0.15, 0.2) is 41.4 Å². The van der Waals surface area contributed by atoms with Crippen LogP contribution < -0.4 is 21.1 Å². The normalized spacial score (nSPS) is 12.9. The molecule has 0 radical (unpaired) electrons. The minimum atomic E-state index is -1.21. The van der Waals surface area contributed by atoms with Crippen LogP contribution >= 0.6 is 0 Å². The molecular weight excluding hydrogens is 348 g/mol. The predicted molar refractivity (Wildman–Crippen MR) is 109 cm³/mol.